The van der Waals surface area contributed by atoms with Crippen LogP contribution >= 0.6 is 11.3 Å². The van der Waals surface area contributed by atoms with E-state index in [0.29, 0.717) is 11.4 Å². The smallest absolute Gasteiger partial charge is 0.257 e. The van der Waals surface area contributed by atoms with Crippen LogP contribution in [0.4, 0.5) is 5.82 Å². The summed E-state index contributed by atoms with van der Waals surface area (Å²) >= 11 is 1.93. The van der Waals surface area contributed by atoms with Gasteiger partial charge < -0.3 is 5.32 Å². The van der Waals surface area contributed by atoms with Gasteiger partial charge in [0.15, 0.2) is 0 Å². The summed E-state index contributed by atoms with van der Waals surface area (Å²) in [6.45, 7) is 4.14. The fraction of sp³-hybridized carbons (Fsp3) is 0.273. The highest BCUT2D eigenvalue weighted by Gasteiger charge is 2.20. The van der Waals surface area contributed by atoms with E-state index in [4.69, 9.17) is 0 Å². The molecule has 0 radical (unpaired) electrons. The second-order valence-corrected chi connectivity index (χ2v) is 8.15. The summed E-state index contributed by atoms with van der Waals surface area (Å²) in [5.74, 6) is 0.469. The predicted molar refractivity (Wildman–Crippen MR) is 108 cm³/mol. The van der Waals surface area contributed by atoms with Crippen LogP contribution < -0.4 is 5.32 Å². The van der Waals surface area contributed by atoms with Crippen LogP contribution in [0.1, 0.15) is 44.1 Å². The van der Waals surface area contributed by atoms with Crippen molar-refractivity contribution in [2.75, 3.05) is 5.32 Å². The summed E-state index contributed by atoms with van der Waals surface area (Å²) in [4.78, 5) is 19.9. The molecule has 4 heteroatoms. The Morgan fingerprint density at radius 2 is 1.88 bits per heavy atom. The molecule has 1 N–H and O–H groups in total. The number of anilines is 1. The Labute approximate surface area is 158 Å². The third kappa shape index (κ3) is 3.17. The summed E-state index contributed by atoms with van der Waals surface area (Å²) in [5.41, 5.74) is 5.66. The first-order chi connectivity index (χ1) is 12.6. The van der Waals surface area contributed by atoms with Gasteiger partial charge in [0.25, 0.3) is 5.91 Å². The number of rotatable bonds is 3. The van der Waals surface area contributed by atoms with Crippen LogP contribution in [0.5, 0.6) is 0 Å². The number of aryl methyl sites for hydroxylation is 3. The minimum Gasteiger partial charge on any atom is -0.307 e. The molecular formula is C22H22N2OS. The SMILES string of the molecule is Cc1ccccc1C(=O)Nc1ccc(-c2c(C)sc3c2CCCC3)cn1. The second kappa shape index (κ2) is 7.04. The Bertz CT molecular complexity index is 957. The van der Waals surface area contributed by atoms with E-state index in [2.05, 4.69) is 23.3 Å². The largest absolute Gasteiger partial charge is 0.307 e. The Morgan fingerprint density at radius 3 is 2.65 bits per heavy atom. The van der Waals surface area contributed by atoms with E-state index in [1.54, 1.807) is 4.88 Å². The van der Waals surface area contributed by atoms with Gasteiger partial charge in [-0.1, -0.05) is 18.2 Å². The van der Waals surface area contributed by atoms with Crippen molar-refractivity contribution in [3.05, 3.63) is 69.0 Å². The second-order valence-electron chi connectivity index (χ2n) is 6.84. The van der Waals surface area contributed by atoms with Crippen LogP contribution in [-0.2, 0) is 12.8 Å². The minimum absolute atomic E-state index is 0.118. The van der Waals surface area contributed by atoms with Crippen LogP contribution in [0.25, 0.3) is 11.1 Å². The van der Waals surface area contributed by atoms with E-state index in [0.717, 1.165) is 11.1 Å². The zero-order valence-corrected chi connectivity index (χ0v) is 16.0. The summed E-state index contributed by atoms with van der Waals surface area (Å²) in [6.07, 6.45) is 6.83. The normalized spacial score (nSPS) is 13.3. The quantitative estimate of drug-likeness (QED) is 0.663. The lowest BCUT2D eigenvalue weighted by atomic mass is 9.92. The van der Waals surface area contributed by atoms with E-state index in [9.17, 15) is 4.79 Å². The van der Waals surface area contributed by atoms with Gasteiger partial charge in [0.05, 0.1) is 0 Å². The fourth-order valence-electron chi connectivity index (χ4n) is 3.71. The predicted octanol–water partition coefficient (Wildman–Crippen LogP) is 5.56. The number of fused-ring (bicyclic) bond motifs is 1. The van der Waals surface area contributed by atoms with Gasteiger partial charge in [-0.2, -0.15) is 0 Å². The maximum atomic E-state index is 12.4. The topological polar surface area (TPSA) is 42.0 Å². The lowest BCUT2D eigenvalue weighted by molar-refractivity contribution is 0.102. The molecule has 0 spiro atoms. The van der Waals surface area contributed by atoms with E-state index in [1.807, 2.05) is 54.8 Å². The molecule has 3 nitrogen and oxygen atoms in total. The summed E-state index contributed by atoms with van der Waals surface area (Å²) in [6, 6.07) is 11.6. The average molecular weight is 362 g/mol. The van der Waals surface area contributed by atoms with Crippen LogP contribution in [0.2, 0.25) is 0 Å². The number of carbonyl (C=O) groups excluding carboxylic acids is 1. The van der Waals surface area contributed by atoms with Gasteiger partial charge >= 0.3 is 0 Å². The van der Waals surface area contributed by atoms with Crippen molar-refractivity contribution < 1.29 is 4.79 Å². The van der Waals surface area contributed by atoms with Gasteiger partial charge in [-0.3, -0.25) is 4.79 Å². The molecule has 2 heterocycles. The molecule has 26 heavy (non-hydrogen) atoms. The number of carbonyl (C=O) groups is 1. The molecule has 3 aromatic rings. The first-order valence-corrected chi connectivity index (χ1v) is 9.89. The average Bonchev–Trinajstić information content (AvgIpc) is 2.98. The molecule has 132 valence electrons. The molecule has 2 aromatic heterocycles. The van der Waals surface area contributed by atoms with Gasteiger partial charge in [0, 0.05) is 32.6 Å². The van der Waals surface area contributed by atoms with Crippen molar-refractivity contribution in [2.45, 2.75) is 39.5 Å². The highest BCUT2D eigenvalue weighted by Crippen LogP contribution is 2.40. The fourth-order valence-corrected chi connectivity index (χ4v) is 4.99. The van der Waals surface area contributed by atoms with Crippen LogP contribution in [0.15, 0.2) is 42.6 Å². The highest BCUT2D eigenvalue weighted by atomic mass is 32.1. The molecule has 0 fully saturated rings. The van der Waals surface area contributed by atoms with Gasteiger partial charge in [-0.15, -0.1) is 11.3 Å². The molecule has 4 rings (SSSR count). The number of hydrogen-bond donors (Lipinski definition) is 1. The maximum absolute atomic E-state index is 12.4. The Balaban J connectivity index is 1.57. The minimum atomic E-state index is -0.118. The molecule has 0 saturated heterocycles. The number of benzene rings is 1. The zero-order chi connectivity index (χ0) is 18.1. The van der Waals surface area contributed by atoms with Crippen molar-refractivity contribution in [3.63, 3.8) is 0 Å². The molecule has 0 atom stereocenters. The first kappa shape index (κ1) is 17.0. The molecule has 0 bridgehead atoms. The molecule has 0 aliphatic heterocycles. The van der Waals surface area contributed by atoms with Crippen molar-refractivity contribution in [3.8, 4) is 11.1 Å². The van der Waals surface area contributed by atoms with Gasteiger partial charge in [0.2, 0.25) is 0 Å². The number of thiophene rings is 1. The molecule has 0 saturated carbocycles. The number of pyridine rings is 1. The van der Waals surface area contributed by atoms with Gasteiger partial charge in [0.1, 0.15) is 5.82 Å². The Hall–Kier alpha value is -2.46. The number of amides is 1. The molecule has 1 amide bonds. The lowest BCUT2D eigenvalue weighted by Gasteiger charge is -2.13. The maximum Gasteiger partial charge on any atom is 0.257 e. The Morgan fingerprint density at radius 1 is 1.08 bits per heavy atom. The number of nitrogens with zero attached hydrogens (tertiary/aromatic N) is 1. The molecule has 1 aliphatic rings. The van der Waals surface area contributed by atoms with Crippen molar-refractivity contribution >= 4 is 23.1 Å². The van der Waals surface area contributed by atoms with E-state index < -0.39 is 0 Å². The number of aromatic nitrogens is 1. The van der Waals surface area contributed by atoms with Crippen LogP contribution in [0, 0.1) is 13.8 Å². The van der Waals surface area contributed by atoms with E-state index >= 15 is 0 Å². The third-order valence-electron chi connectivity index (χ3n) is 5.03. The standard InChI is InChI=1S/C22H22N2OS/c1-14-7-3-4-8-17(14)22(25)24-20-12-11-16(13-23-20)21-15(2)26-19-10-6-5-9-18(19)21/h3-4,7-8,11-13H,5-6,9-10H2,1-2H3,(H,23,24,25). The first-order valence-electron chi connectivity index (χ1n) is 9.08. The van der Waals surface area contributed by atoms with Crippen molar-refractivity contribution in [1.82, 2.24) is 4.98 Å². The molecular weight excluding hydrogens is 340 g/mol. The van der Waals surface area contributed by atoms with Crippen LogP contribution in [-0.4, -0.2) is 10.9 Å². The summed E-state index contributed by atoms with van der Waals surface area (Å²) in [7, 11) is 0. The lowest BCUT2D eigenvalue weighted by Crippen LogP contribution is -2.14. The summed E-state index contributed by atoms with van der Waals surface area (Å²) in [5, 5.41) is 2.90. The summed E-state index contributed by atoms with van der Waals surface area (Å²) < 4.78 is 0. The van der Waals surface area contributed by atoms with Gasteiger partial charge in [-0.05, 0) is 68.9 Å². The highest BCUT2D eigenvalue weighted by molar-refractivity contribution is 7.12. The number of nitrogens with one attached hydrogen (secondary N) is 1. The molecule has 0 unspecified atom stereocenters. The zero-order valence-electron chi connectivity index (χ0n) is 15.1. The van der Waals surface area contributed by atoms with E-state index in [1.165, 1.54) is 41.7 Å². The third-order valence-corrected chi connectivity index (χ3v) is 6.24. The monoisotopic (exact) mass is 362 g/mol. The van der Waals surface area contributed by atoms with Crippen molar-refractivity contribution in [2.24, 2.45) is 0 Å². The van der Waals surface area contributed by atoms with Gasteiger partial charge in [-0.25, -0.2) is 4.98 Å². The molecule has 1 aliphatic carbocycles. The van der Waals surface area contributed by atoms with Crippen LogP contribution in [0.3, 0.4) is 0 Å². The number of hydrogen-bond acceptors (Lipinski definition) is 3. The molecule has 1 aromatic carbocycles. The Kier molecular flexibility index (Phi) is 4.60. The van der Waals surface area contributed by atoms with Crippen molar-refractivity contribution in [1.29, 1.82) is 0 Å². The van der Waals surface area contributed by atoms with E-state index in [-0.39, 0.29) is 5.91 Å².